The molecule has 0 spiro atoms. The quantitative estimate of drug-likeness (QED) is 0.745. The van der Waals surface area contributed by atoms with E-state index in [0.29, 0.717) is 19.6 Å². The van der Waals surface area contributed by atoms with Gasteiger partial charge in [0.2, 0.25) is 10.0 Å². The molecule has 1 fully saturated rings. The van der Waals surface area contributed by atoms with Crippen molar-refractivity contribution in [3.63, 3.8) is 0 Å². The number of anilines is 1. The molecule has 0 saturated carbocycles. The molecule has 1 atom stereocenters. The lowest BCUT2D eigenvalue weighted by atomic mass is 10.2. The fourth-order valence-corrected chi connectivity index (χ4v) is 6.12. The fraction of sp³-hybridized carbons (Fsp3) is 0.450. The standard InChI is InChI=1S/C20H27N3O3S2/c1-16(22(2)17-9-5-3-6-10-17)15-21-20(24)19-18(11-14-27-19)28(25,26)23-12-7-4-8-13-23/h3,5-6,9-11,14,16H,4,7-8,12-13,15H2,1-2H3,(H,21,24). The van der Waals surface area contributed by atoms with E-state index in [1.54, 1.807) is 11.4 Å². The van der Waals surface area contributed by atoms with Crippen LogP contribution in [0.2, 0.25) is 0 Å². The van der Waals surface area contributed by atoms with Crippen LogP contribution in [-0.2, 0) is 10.0 Å². The Morgan fingerprint density at radius 3 is 2.54 bits per heavy atom. The minimum absolute atomic E-state index is 0.0634. The lowest BCUT2D eigenvalue weighted by Crippen LogP contribution is -2.41. The number of sulfonamides is 1. The smallest absolute Gasteiger partial charge is 0.262 e. The molecule has 8 heteroatoms. The number of likely N-dealkylation sites (N-methyl/N-ethyl adjacent to an activating group) is 1. The van der Waals surface area contributed by atoms with Crippen LogP contribution in [0.25, 0.3) is 0 Å². The van der Waals surface area contributed by atoms with Crippen LogP contribution in [-0.4, -0.2) is 51.4 Å². The zero-order valence-electron chi connectivity index (χ0n) is 16.3. The molecule has 1 aliphatic heterocycles. The Hall–Kier alpha value is -1.90. The van der Waals surface area contributed by atoms with E-state index in [0.717, 1.165) is 24.9 Å². The van der Waals surface area contributed by atoms with Crippen molar-refractivity contribution in [3.05, 3.63) is 46.7 Å². The predicted molar refractivity (Wildman–Crippen MR) is 114 cm³/mol. The maximum atomic E-state index is 12.9. The van der Waals surface area contributed by atoms with Crippen LogP contribution < -0.4 is 10.2 Å². The summed E-state index contributed by atoms with van der Waals surface area (Å²) in [4.78, 5) is 15.2. The van der Waals surface area contributed by atoms with Gasteiger partial charge >= 0.3 is 0 Å². The average molecular weight is 422 g/mol. The second-order valence-corrected chi connectivity index (χ2v) is 9.91. The first kappa shape index (κ1) is 20.8. The van der Waals surface area contributed by atoms with Crippen molar-refractivity contribution in [2.75, 3.05) is 31.6 Å². The van der Waals surface area contributed by atoms with Gasteiger partial charge in [-0.2, -0.15) is 4.31 Å². The molecule has 3 rings (SSSR count). The summed E-state index contributed by atoms with van der Waals surface area (Å²) < 4.78 is 27.4. The predicted octanol–water partition coefficient (Wildman–Crippen LogP) is 3.18. The van der Waals surface area contributed by atoms with E-state index < -0.39 is 10.0 Å². The molecule has 152 valence electrons. The molecule has 0 aliphatic carbocycles. The van der Waals surface area contributed by atoms with E-state index in [4.69, 9.17) is 0 Å². The summed E-state index contributed by atoms with van der Waals surface area (Å²) in [5.74, 6) is -0.334. The number of benzene rings is 1. The second kappa shape index (κ2) is 9.07. The van der Waals surface area contributed by atoms with Crippen LogP contribution >= 0.6 is 11.3 Å². The highest BCUT2D eigenvalue weighted by molar-refractivity contribution is 7.89. The minimum atomic E-state index is -3.62. The highest BCUT2D eigenvalue weighted by Gasteiger charge is 2.31. The van der Waals surface area contributed by atoms with Gasteiger partial charge in [0.25, 0.3) is 5.91 Å². The van der Waals surface area contributed by atoms with Crippen molar-refractivity contribution in [2.24, 2.45) is 0 Å². The highest BCUT2D eigenvalue weighted by Crippen LogP contribution is 2.27. The van der Waals surface area contributed by atoms with Crippen molar-refractivity contribution in [3.8, 4) is 0 Å². The first-order valence-corrected chi connectivity index (χ1v) is 11.9. The van der Waals surface area contributed by atoms with Gasteiger partial charge in [-0.05, 0) is 43.3 Å². The normalized spacial score (nSPS) is 16.5. The lowest BCUT2D eigenvalue weighted by Gasteiger charge is -2.27. The first-order chi connectivity index (χ1) is 13.4. The van der Waals surface area contributed by atoms with Crippen LogP contribution in [0.4, 0.5) is 5.69 Å². The van der Waals surface area contributed by atoms with E-state index >= 15 is 0 Å². The number of nitrogens with zero attached hydrogens (tertiary/aromatic N) is 2. The summed E-state index contributed by atoms with van der Waals surface area (Å²) in [6, 6.07) is 11.5. The van der Waals surface area contributed by atoms with Gasteiger partial charge in [-0.15, -0.1) is 11.3 Å². The van der Waals surface area contributed by atoms with Gasteiger partial charge in [-0.1, -0.05) is 24.6 Å². The van der Waals surface area contributed by atoms with Gasteiger partial charge in [-0.25, -0.2) is 8.42 Å². The molecule has 1 amide bonds. The van der Waals surface area contributed by atoms with E-state index in [9.17, 15) is 13.2 Å². The zero-order valence-corrected chi connectivity index (χ0v) is 17.9. The molecule has 1 aromatic heterocycles. The molecular formula is C20H27N3O3S2. The van der Waals surface area contributed by atoms with Crippen LogP contribution in [0.3, 0.4) is 0 Å². The molecule has 1 saturated heterocycles. The minimum Gasteiger partial charge on any atom is -0.370 e. The largest absolute Gasteiger partial charge is 0.370 e. The van der Waals surface area contributed by atoms with Gasteiger partial charge < -0.3 is 10.2 Å². The van der Waals surface area contributed by atoms with Gasteiger partial charge in [0, 0.05) is 38.4 Å². The molecule has 2 aromatic rings. The van der Waals surface area contributed by atoms with Gasteiger partial charge in [0.15, 0.2) is 0 Å². The van der Waals surface area contributed by atoms with E-state index in [1.165, 1.54) is 15.6 Å². The molecular weight excluding hydrogens is 394 g/mol. The number of hydrogen-bond acceptors (Lipinski definition) is 5. The maximum Gasteiger partial charge on any atom is 0.262 e. The van der Waals surface area contributed by atoms with Crippen molar-refractivity contribution in [1.29, 1.82) is 0 Å². The number of hydrogen-bond donors (Lipinski definition) is 1. The van der Waals surface area contributed by atoms with Gasteiger partial charge in [0.1, 0.15) is 9.77 Å². The Labute approximate surface area is 171 Å². The molecule has 1 aromatic carbocycles. The molecule has 1 N–H and O–H groups in total. The maximum absolute atomic E-state index is 12.9. The van der Waals surface area contributed by atoms with E-state index in [1.807, 2.05) is 44.3 Å². The number of rotatable bonds is 7. The molecule has 6 nitrogen and oxygen atoms in total. The van der Waals surface area contributed by atoms with Crippen LogP contribution in [0.5, 0.6) is 0 Å². The number of nitrogens with one attached hydrogen (secondary N) is 1. The van der Waals surface area contributed by atoms with Crippen molar-refractivity contribution in [1.82, 2.24) is 9.62 Å². The third kappa shape index (κ3) is 4.56. The molecule has 1 aliphatic rings. The number of carbonyl (C=O) groups is 1. The third-order valence-corrected chi connectivity index (χ3v) is 8.13. The number of thiophene rings is 1. The van der Waals surface area contributed by atoms with Crippen LogP contribution in [0.15, 0.2) is 46.7 Å². The highest BCUT2D eigenvalue weighted by atomic mass is 32.2. The van der Waals surface area contributed by atoms with Crippen molar-refractivity contribution >= 4 is 33.0 Å². The summed E-state index contributed by atoms with van der Waals surface area (Å²) in [7, 11) is -1.64. The number of piperidine rings is 1. The Kier molecular flexibility index (Phi) is 6.74. The Morgan fingerprint density at radius 2 is 1.86 bits per heavy atom. The molecule has 0 bridgehead atoms. The number of carbonyl (C=O) groups excluding carboxylic acids is 1. The topological polar surface area (TPSA) is 69.7 Å². The summed E-state index contributed by atoms with van der Waals surface area (Å²) >= 11 is 1.17. The van der Waals surface area contributed by atoms with Crippen LogP contribution in [0.1, 0.15) is 35.9 Å². The Bertz CT molecular complexity index is 890. The van der Waals surface area contributed by atoms with Crippen LogP contribution in [0, 0.1) is 0 Å². The molecule has 0 radical (unpaired) electrons. The summed E-state index contributed by atoms with van der Waals surface area (Å²) in [5.41, 5.74) is 1.06. The third-order valence-electron chi connectivity index (χ3n) is 5.15. The Balaban J connectivity index is 1.66. The Morgan fingerprint density at radius 1 is 1.18 bits per heavy atom. The molecule has 2 heterocycles. The van der Waals surface area contributed by atoms with Gasteiger partial charge in [-0.3, -0.25) is 4.79 Å². The van der Waals surface area contributed by atoms with Crippen molar-refractivity contribution in [2.45, 2.75) is 37.1 Å². The zero-order chi connectivity index (χ0) is 20.1. The average Bonchev–Trinajstić information content (AvgIpc) is 3.23. The SMILES string of the molecule is CC(CNC(=O)c1sccc1S(=O)(=O)N1CCCCC1)N(C)c1ccccc1. The fourth-order valence-electron chi connectivity index (χ4n) is 3.29. The molecule has 28 heavy (non-hydrogen) atoms. The second-order valence-electron chi connectivity index (χ2n) is 7.08. The number of para-hydroxylation sites is 1. The van der Waals surface area contributed by atoms with E-state index in [-0.39, 0.29) is 21.7 Å². The summed E-state index contributed by atoms with van der Waals surface area (Å²) in [5, 5.41) is 4.57. The first-order valence-electron chi connectivity index (χ1n) is 9.55. The lowest BCUT2D eigenvalue weighted by molar-refractivity contribution is 0.0952. The summed E-state index contributed by atoms with van der Waals surface area (Å²) in [6.07, 6.45) is 2.79. The summed E-state index contributed by atoms with van der Waals surface area (Å²) in [6.45, 7) is 3.49. The van der Waals surface area contributed by atoms with Crippen molar-refractivity contribution < 1.29 is 13.2 Å². The van der Waals surface area contributed by atoms with Gasteiger partial charge in [0.05, 0.1) is 0 Å². The molecule has 1 unspecified atom stereocenters. The van der Waals surface area contributed by atoms with E-state index in [2.05, 4.69) is 10.2 Å². The number of amides is 1. The monoisotopic (exact) mass is 421 g/mol.